The first-order valence-electron chi connectivity index (χ1n) is 6.29. The minimum atomic E-state index is 0.331. The third-order valence-electron chi connectivity index (χ3n) is 2.95. The smallest absolute Gasteiger partial charge is 0.0649 e. The van der Waals surface area contributed by atoms with Gasteiger partial charge in [0.25, 0.3) is 0 Å². The third-order valence-corrected chi connectivity index (χ3v) is 2.95. The van der Waals surface area contributed by atoms with Crippen LogP contribution in [0.4, 0.5) is 0 Å². The zero-order valence-electron chi connectivity index (χ0n) is 10.7. The highest BCUT2D eigenvalue weighted by atomic mass is 16.5. The Morgan fingerprint density at radius 2 is 1.24 bits per heavy atom. The molecule has 0 unspecified atom stereocenters. The van der Waals surface area contributed by atoms with E-state index in [1.165, 1.54) is 0 Å². The number of aliphatic hydroxyl groups is 2. The standard InChI is InChI=1S/C8H16O2.C6H10O/c9-5-7-1-2-8(6-10)4-3-7;1-3-5-7-6-4-2/h7-10H,1-6H2;3-4H,1-2,5-6H2. The molecular weight excluding hydrogens is 216 g/mol. The van der Waals surface area contributed by atoms with Gasteiger partial charge in [-0.3, -0.25) is 0 Å². The van der Waals surface area contributed by atoms with Crippen LogP contribution >= 0.6 is 0 Å². The van der Waals surface area contributed by atoms with Gasteiger partial charge in [-0.25, -0.2) is 0 Å². The van der Waals surface area contributed by atoms with Crippen molar-refractivity contribution in [3.63, 3.8) is 0 Å². The van der Waals surface area contributed by atoms with Gasteiger partial charge in [0.15, 0.2) is 0 Å². The van der Waals surface area contributed by atoms with Gasteiger partial charge in [0.05, 0.1) is 13.2 Å². The lowest BCUT2D eigenvalue weighted by Crippen LogP contribution is -2.19. The minimum absolute atomic E-state index is 0.331. The number of ether oxygens (including phenoxy) is 1. The van der Waals surface area contributed by atoms with E-state index < -0.39 is 0 Å². The fourth-order valence-corrected chi connectivity index (χ4v) is 1.83. The molecule has 0 saturated heterocycles. The quantitative estimate of drug-likeness (QED) is 0.554. The Morgan fingerprint density at radius 3 is 1.47 bits per heavy atom. The second-order valence-electron chi connectivity index (χ2n) is 4.37. The highest BCUT2D eigenvalue weighted by molar-refractivity contribution is 4.71. The summed E-state index contributed by atoms with van der Waals surface area (Å²) in [4.78, 5) is 0. The Balaban J connectivity index is 0.000000325. The Kier molecular flexibility index (Phi) is 11.4. The van der Waals surface area contributed by atoms with E-state index in [0.29, 0.717) is 38.3 Å². The van der Waals surface area contributed by atoms with Gasteiger partial charge in [-0.2, -0.15) is 0 Å². The third kappa shape index (κ3) is 9.10. The zero-order valence-corrected chi connectivity index (χ0v) is 10.7. The summed E-state index contributed by atoms with van der Waals surface area (Å²) in [5, 5.41) is 17.6. The Hall–Kier alpha value is -0.640. The van der Waals surface area contributed by atoms with Crippen LogP contribution in [0.15, 0.2) is 25.3 Å². The minimum Gasteiger partial charge on any atom is -0.396 e. The van der Waals surface area contributed by atoms with Crippen molar-refractivity contribution >= 4 is 0 Å². The first kappa shape index (κ1) is 16.4. The van der Waals surface area contributed by atoms with Crippen LogP contribution < -0.4 is 0 Å². The lowest BCUT2D eigenvalue weighted by Gasteiger charge is -2.25. The molecule has 1 aliphatic carbocycles. The largest absolute Gasteiger partial charge is 0.396 e. The maximum Gasteiger partial charge on any atom is 0.0649 e. The predicted molar refractivity (Wildman–Crippen MR) is 70.8 cm³/mol. The van der Waals surface area contributed by atoms with Crippen LogP contribution in [0, 0.1) is 11.8 Å². The van der Waals surface area contributed by atoms with Crippen molar-refractivity contribution in [2.45, 2.75) is 25.7 Å². The zero-order chi connectivity index (χ0) is 12.9. The maximum absolute atomic E-state index is 8.79. The molecule has 1 aliphatic rings. The van der Waals surface area contributed by atoms with Crippen molar-refractivity contribution in [3.8, 4) is 0 Å². The Labute approximate surface area is 105 Å². The molecule has 0 amide bonds. The molecule has 0 aromatic heterocycles. The van der Waals surface area contributed by atoms with Crippen molar-refractivity contribution < 1.29 is 14.9 Å². The van der Waals surface area contributed by atoms with Gasteiger partial charge in [0.2, 0.25) is 0 Å². The summed E-state index contributed by atoms with van der Waals surface area (Å²) in [6.45, 7) is 8.84. The van der Waals surface area contributed by atoms with Gasteiger partial charge in [-0.1, -0.05) is 12.2 Å². The molecule has 0 aromatic carbocycles. The molecule has 3 heteroatoms. The molecule has 1 rings (SSSR count). The molecule has 100 valence electrons. The topological polar surface area (TPSA) is 49.7 Å². The normalized spacial score (nSPS) is 23.4. The molecular formula is C14H26O3. The molecule has 1 saturated carbocycles. The highest BCUT2D eigenvalue weighted by Crippen LogP contribution is 2.27. The first-order valence-corrected chi connectivity index (χ1v) is 6.29. The Morgan fingerprint density at radius 1 is 0.882 bits per heavy atom. The number of hydrogen-bond acceptors (Lipinski definition) is 3. The molecule has 0 bridgehead atoms. The second-order valence-corrected chi connectivity index (χ2v) is 4.37. The van der Waals surface area contributed by atoms with Gasteiger partial charge < -0.3 is 14.9 Å². The molecule has 0 radical (unpaired) electrons. The summed E-state index contributed by atoms with van der Waals surface area (Å²) < 4.78 is 4.90. The van der Waals surface area contributed by atoms with E-state index in [9.17, 15) is 0 Å². The fraction of sp³-hybridized carbons (Fsp3) is 0.714. The van der Waals surface area contributed by atoms with Gasteiger partial charge in [0.1, 0.15) is 0 Å². The molecule has 0 aliphatic heterocycles. The van der Waals surface area contributed by atoms with Crippen LogP contribution in [0.25, 0.3) is 0 Å². The van der Waals surface area contributed by atoms with Crippen LogP contribution in [0.3, 0.4) is 0 Å². The monoisotopic (exact) mass is 242 g/mol. The lowest BCUT2D eigenvalue weighted by atomic mass is 9.83. The summed E-state index contributed by atoms with van der Waals surface area (Å²) in [6, 6.07) is 0. The average molecular weight is 242 g/mol. The van der Waals surface area contributed by atoms with Gasteiger partial charge in [-0.05, 0) is 37.5 Å². The predicted octanol–water partition coefficient (Wildman–Crippen LogP) is 2.15. The van der Waals surface area contributed by atoms with E-state index in [0.717, 1.165) is 25.7 Å². The maximum atomic E-state index is 8.79. The van der Waals surface area contributed by atoms with E-state index >= 15 is 0 Å². The van der Waals surface area contributed by atoms with E-state index in [1.807, 2.05) is 0 Å². The lowest BCUT2D eigenvalue weighted by molar-refractivity contribution is 0.131. The van der Waals surface area contributed by atoms with Crippen molar-refractivity contribution in [2.75, 3.05) is 26.4 Å². The van der Waals surface area contributed by atoms with Gasteiger partial charge >= 0.3 is 0 Å². The molecule has 0 spiro atoms. The summed E-state index contributed by atoms with van der Waals surface area (Å²) in [5.74, 6) is 1.03. The summed E-state index contributed by atoms with van der Waals surface area (Å²) in [5.41, 5.74) is 0. The molecule has 2 N–H and O–H groups in total. The summed E-state index contributed by atoms with van der Waals surface area (Å²) in [7, 11) is 0. The van der Waals surface area contributed by atoms with Crippen LogP contribution in [0.2, 0.25) is 0 Å². The molecule has 0 aromatic rings. The van der Waals surface area contributed by atoms with Crippen molar-refractivity contribution in [3.05, 3.63) is 25.3 Å². The van der Waals surface area contributed by atoms with Gasteiger partial charge in [0, 0.05) is 13.2 Å². The van der Waals surface area contributed by atoms with Crippen molar-refractivity contribution in [1.29, 1.82) is 0 Å². The summed E-state index contributed by atoms with van der Waals surface area (Å²) >= 11 is 0. The van der Waals surface area contributed by atoms with Crippen molar-refractivity contribution in [2.24, 2.45) is 11.8 Å². The molecule has 17 heavy (non-hydrogen) atoms. The first-order chi connectivity index (χ1) is 8.28. The molecule has 3 nitrogen and oxygen atoms in total. The molecule has 0 heterocycles. The average Bonchev–Trinajstić information content (AvgIpc) is 2.40. The summed E-state index contributed by atoms with van der Waals surface area (Å²) in [6.07, 6.45) is 7.82. The van der Waals surface area contributed by atoms with E-state index in [4.69, 9.17) is 14.9 Å². The SMILES string of the molecule is C=CCOCC=C.OCC1CCC(CO)CC1. The van der Waals surface area contributed by atoms with E-state index in [1.54, 1.807) is 12.2 Å². The van der Waals surface area contributed by atoms with Gasteiger partial charge in [-0.15, -0.1) is 13.2 Å². The van der Waals surface area contributed by atoms with Crippen molar-refractivity contribution in [1.82, 2.24) is 0 Å². The van der Waals surface area contributed by atoms with E-state index in [-0.39, 0.29) is 0 Å². The van der Waals surface area contributed by atoms with Crippen LogP contribution in [0.1, 0.15) is 25.7 Å². The van der Waals surface area contributed by atoms with E-state index in [2.05, 4.69) is 13.2 Å². The fourth-order valence-electron chi connectivity index (χ4n) is 1.83. The molecule has 0 atom stereocenters. The van der Waals surface area contributed by atoms with Crippen LogP contribution in [-0.2, 0) is 4.74 Å². The number of rotatable bonds is 6. The second kappa shape index (κ2) is 11.8. The van der Waals surface area contributed by atoms with Crippen LogP contribution in [0.5, 0.6) is 0 Å². The number of hydrogen-bond donors (Lipinski definition) is 2. The Bertz CT molecular complexity index is 164. The van der Waals surface area contributed by atoms with Crippen LogP contribution in [-0.4, -0.2) is 36.6 Å². The highest BCUT2D eigenvalue weighted by Gasteiger charge is 2.19. The molecule has 1 fully saturated rings. The number of aliphatic hydroxyl groups excluding tert-OH is 2.